The second kappa shape index (κ2) is 5.32. The van der Waals surface area contributed by atoms with E-state index >= 15 is 0 Å². The molecule has 2 N–H and O–H groups in total. The first-order valence-corrected chi connectivity index (χ1v) is 5.20. The third kappa shape index (κ3) is 2.84. The molecule has 2 aromatic heterocycles. The van der Waals surface area contributed by atoms with Gasteiger partial charge >= 0.3 is 0 Å². The zero-order chi connectivity index (χ0) is 11.2. The van der Waals surface area contributed by atoms with Crippen LogP contribution in [-0.2, 0) is 13.1 Å². The molecule has 16 heavy (non-hydrogen) atoms. The molecule has 2 aromatic rings. The average molecular weight is 217 g/mol. The van der Waals surface area contributed by atoms with Crippen molar-refractivity contribution in [2.24, 2.45) is 0 Å². The van der Waals surface area contributed by atoms with Crippen LogP contribution in [0.5, 0.6) is 5.88 Å². The van der Waals surface area contributed by atoms with E-state index in [0.29, 0.717) is 5.88 Å². The van der Waals surface area contributed by atoms with Crippen molar-refractivity contribution in [1.29, 1.82) is 0 Å². The van der Waals surface area contributed by atoms with Crippen molar-refractivity contribution < 1.29 is 4.74 Å². The van der Waals surface area contributed by atoms with Gasteiger partial charge < -0.3 is 15.0 Å². The zero-order valence-corrected chi connectivity index (χ0v) is 9.23. The van der Waals surface area contributed by atoms with Crippen LogP contribution in [-0.4, -0.2) is 17.1 Å². The summed E-state index contributed by atoms with van der Waals surface area (Å²) in [5, 5.41) is 3.34. The van der Waals surface area contributed by atoms with Crippen molar-refractivity contribution in [1.82, 2.24) is 15.3 Å². The number of ether oxygens (including phenoxy) is 1. The van der Waals surface area contributed by atoms with Crippen molar-refractivity contribution in [3.05, 3.63) is 47.9 Å². The van der Waals surface area contributed by atoms with Crippen LogP contribution in [0.1, 0.15) is 11.1 Å². The minimum atomic E-state index is 0.648. The molecule has 0 aromatic carbocycles. The summed E-state index contributed by atoms with van der Waals surface area (Å²) in [4.78, 5) is 7.17. The fraction of sp³-hybridized carbons (Fsp3) is 0.250. The van der Waals surface area contributed by atoms with Crippen LogP contribution in [0.4, 0.5) is 0 Å². The predicted octanol–water partition coefficient (Wildman–Crippen LogP) is 1.71. The predicted molar refractivity (Wildman–Crippen MR) is 62.1 cm³/mol. The number of nitrogens with one attached hydrogen (secondary N) is 2. The first kappa shape index (κ1) is 10.7. The maximum absolute atomic E-state index is 5.00. The summed E-state index contributed by atoms with van der Waals surface area (Å²) in [5.74, 6) is 0.648. The van der Waals surface area contributed by atoms with Gasteiger partial charge in [0.25, 0.3) is 0 Å². The lowest BCUT2D eigenvalue weighted by atomic mass is 10.2. The van der Waals surface area contributed by atoms with Gasteiger partial charge in [0.05, 0.1) is 7.11 Å². The largest absolute Gasteiger partial charge is 0.481 e. The van der Waals surface area contributed by atoms with Crippen molar-refractivity contribution in [3.8, 4) is 5.88 Å². The lowest BCUT2D eigenvalue weighted by Gasteiger charge is -2.04. The second-order valence-corrected chi connectivity index (χ2v) is 3.53. The van der Waals surface area contributed by atoms with E-state index in [4.69, 9.17) is 4.74 Å². The average Bonchev–Trinajstić information content (AvgIpc) is 2.83. The van der Waals surface area contributed by atoms with Gasteiger partial charge in [-0.3, -0.25) is 0 Å². The quantitative estimate of drug-likeness (QED) is 0.801. The topological polar surface area (TPSA) is 49.9 Å². The molecule has 0 aliphatic heterocycles. The monoisotopic (exact) mass is 217 g/mol. The molecule has 0 atom stereocenters. The Balaban J connectivity index is 1.81. The molecule has 2 rings (SSSR count). The molecule has 0 aliphatic rings. The van der Waals surface area contributed by atoms with Gasteiger partial charge in [-0.1, -0.05) is 6.07 Å². The Bertz CT molecular complexity index is 408. The standard InChI is InChI=1S/C12H15N3O/c1-16-12-3-2-10(9-15-12)7-14-8-11-4-5-13-6-11/h2-6,9,13-14H,7-8H2,1H3. The van der Waals surface area contributed by atoms with Gasteiger partial charge in [0.1, 0.15) is 0 Å². The van der Waals surface area contributed by atoms with Gasteiger partial charge in [0, 0.05) is 37.7 Å². The number of hydrogen-bond donors (Lipinski definition) is 2. The highest BCUT2D eigenvalue weighted by molar-refractivity contribution is 5.17. The Morgan fingerprint density at radius 2 is 2.12 bits per heavy atom. The van der Waals surface area contributed by atoms with Gasteiger partial charge in [-0.25, -0.2) is 4.98 Å². The molecule has 0 radical (unpaired) electrons. The van der Waals surface area contributed by atoms with E-state index in [2.05, 4.69) is 21.4 Å². The smallest absolute Gasteiger partial charge is 0.212 e. The molecular weight excluding hydrogens is 202 g/mol. The molecule has 0 spiro atoms. The van der Waals surface area contributed by atoms with Crippen LogP contribution >= 0.6 is 0 Å². The molecule has 4 nitrogen and oxygen atoms in total. The number of nitrogens with zero attached hydrogens (tertiary/aromatic N) is 1. The van der Waals surface area contributed by atoms with Crippen LogP contribution in [0.25, 0.3) is 0 Å². The summed E-state index contributed by atoms with van der Waals surface area (Å²) < 4.78 is 5.00. The lowest BCUT2D eigenvalue weighted by Crippen LogP contribution is -2.12. The van der Waals surface area contributed by atoms with E-state index in [9.17, 15) is 0 Å². The summed E-state index contributed by atoms with van der Waals surface area (Å²) in [7, 11) is 1.62. The van der Waals surface area contributed by atoms with Gasteiger partial charge in [-0.15, -0.1) is 0 Å². The van der Waals surface area contributed by atoms with Crippen LogP contribution in [0.15, 0.2) is 36.8 Å². The summed E-state index contributed by atoms with van der Waals surface area (Å²) in [6.45, 7) is 1.66. The van der Waals surface area contributed by atoms with Crippen LogP contribution in [0.2, 0.25) is 0 Å². The van der Waals surface area contributed by atoms with E-state index in [1.807, 2.05) is 30.7 Å². The number of aromatic amines is 1. The third-order valence-electron chi connectivity index (χ3n) is 2.33. The van der Waals surface area contributed by atoms with Gasteiger partial charge in [-0.05, 0) is 17.2 Å². The highest BCUT2D eigenvalue weighted by atomic mass is 16.5. The molecule has 4 heteroatoms. The van der Waals surface area contributed by atoms with Crippen molar-refractivity contribution in [2.75, 3.05) is 7.11 Å². The molecule has 0 fully saturated rings. The van der Waals surface area contributed by atoms with E-state index in [1.165, 1.54) is 5.56 Å². The Kier molecular flexibility index (Phi) is 3.56. The van der Waals surface area contributed by atoms with Crippen molar-refractivity contribution in [2.45, 2.75) is 13.1 Å². The van der Waals surface area contributed by atoms with E-state index in [1.54, 1.807) is 7.11 Å². The van der Waals surface area contributed by atoms with Crippen molar-refractivity contribution in [3.63, 3.8) is 0 Å². The molecule has 0 aliphatic carbocycles. The SMILES string of the molecule is COc1ccc(CNCc2cc[nH]c2)cn1. The van der Waals surface area contributed by atoms with Crippen LogP contribution in [0.3, 0.4) is 0 Å². The number of hydrogen-bond acceptors (Lipinski definition) is 3. The minimum absolute atomic E-state index is 0.648. The van der Waals surface area contributed by atoms with Gasteiger partial charge in [0.2, 0.25) is 5.88 Å². The van der Waals surface area contributed by atoms with Crippen LogP contribution in [0, 0.1) is 0 Å². The number of methoxy groups -OCH3 is 1. The third-order valence-corrected chi connectivity index (χ3v) is 2.33. The Hall–Kier alpha value is -1.81. The maximum atomic E-state index is 5.00. The number of aromatic nitrogens is 2. The second-order valence-electron chi connectivity index (χ2n) is 3.53. The number of pyridine rings is 1. The molecule has 0 saturated heterocycles. The Morgan fingerprint density at radius 3 is 2.75 bits per heavy atom. The first-order valence-electron chi connectivity index (χ1n) is 5.20. The van der Waals surface area contributed by atoms with E-state index < -0.39 is 0 Å². The summed E-state index contributed by atoms with van der Waals surface area (Å²) in [6, 6.07) is 5.93. The van der Waals surface area contributed by atoms with Crippen LogP contribution < -0.4 is 10.1 Å². The Morgan fingerprint density at radius 1 is 1.25 bits per heavy atom. The zero-order valence-electron chi connectivity index (χ0n) is 9.23. The number of rotatable bonds is 5. The molecule has 2 heterocycles. The van der Waals surface area contributed by atoms with E-state index in [-0.39, 0.29) is 0 Å². The van der Waals surface area contributed by atoms with E-state index in [0.717, 1.165) is 18.7 Å². The highest BCUT2D eigenvalue weighted by Gasteiger charge is 1.96. The molecule has 0 saturated carbocycles. The number of H-pyrrole nitrogens is 1. The first-order chi connectivity index (χ1) is 7.88. The highest BCUT2D eigenvalue weighted by Crippen LogP contribution is 2.06. The Labute approximate surface area is 94.7 Å². The summed E-state index contributed by atoms with van der Waals surface area (Å²) >= 11 is 0. The minimum Gasteiger partial charge on any atom is -0.481 e. The molecule has 0 unspecified atom stereocenters. The molecule has 0 bridgehead atoms. The molecule has 0 amide bonds. The summed E-state index contributed by atoms with van der Waals surface area (Å²) in [5.41, 5.74) is 2.40. The lowest BCUT2D eigenvalue weighted by molar-refractivity contribution is 0.397. The maximum Gasteiger partial charge on any atom is 0.212 e. The molecular formula is C12H15N3O. The van der Waals surface area contributed by atoms with Gasteiger partial charge in [-0.2, -0.15) is 0 Å². The molecule has 84 valence electrons. The normalized spacial score (nSPS) is 10.3. The van der Waals surface area contributed by atoms with Gasteiger partial charge in [0.15, 0.2) is 0 Å². The fourth-order valence-corrected chi connectivity index (χ4v) is 1.46. The van der Waals surface area contributed by atoms with Crippen molar-refractivity contribution >= 4 is 0 Å². The fourth-order valence-electron chi connectivity index (χ4n) is 1.46. The summed E-state index contributed by atoms with van der Waals surface area (Å²) in [6.07, 6.45) is 5.73.